The second kappa shape index (κ2) is 4.52. The lowest BCUT2D eigenvalue weighted by atomic mass is 9.61. The normalized spacial score (nSPS) is 24.1. The second-order valence-corrected chi connectivity index (χ2v) is 7.30. The van der Waals surface area contributed by atoms with Crippen molar-refractivity contribution in [3.05, 3.63) is 23.3 Å². The maximum Gasteiger partial charge on any atom is 0.494 e. The molecule has 2 heterocycles. The summed E-state index contributed by atoms with van der Waals surface area (Å²) in [6.45, 7) is 6.72. The maximum absolute atomic E-state index is 11.4. The van der Waals surface area contributed by atoms with Crippen LogP contribution in [-0.2, 0) is 19.5 Å². The molecule has 0 bridgehead atoms. The molecule has 4 rings (SSSR count). The van der Waals surface area contributed by atoms with Gasteiger partial charge in [0.25, 0.3) is 0 Å². The Labute approximate surface area is 131 Å². The van der Waals surface area contributed by atoms with Gasteiger partial charge in [0.2, 0.25) is 0 Å². The first kappa shape index (κ1) is 14.2. The van der Waals surface area contributed by atoms with Crippen LogP contribution in [0.15, 0.2) is 17.1 Å². The van der Waals surface area contributed by atoms with E-state index >= 15 is 0 Å². The summed E-state index contributed by atoms with van der Waals surface area (Å²) in [4.78, 5) is 16.0. The van der Waals surface area contributed by atoms with Gasteiger partial charge in [0.05, 0.1) is 23.6 Å². The summed E-state index contributed by atoms with van der Waals surface area (Å²) in [6, 6.07) is 4.23. The van der Waals surface area contributed by atoms with Gasteiger partial charge in [-0.05, 0) is 56.3 Å². The number of aliphatic imine (C=N–C) groups is 1. The van der Waals surface area contributed by atoms with Gasteiger partial charge in [0.1, 0.15) is 0 Å². The number of benzene rings is 1. The van der Waals surface area contributed by atoms with Gasteiger partial charge < -0.3 is 9.31 Å². The van der Waals surface area contributed by atoms with Gasteiger partial charge in [-0.25, -0.2) is 4.99 Å². The molecule has 1 aliphatic carbocycles. The Hall–Kier alpha value is -1.46. The van der Waals surface area contributed by atoms with Crippen molar-refractivity contribution in [1.29, 1.82) is 0 Å². The van der Waals surface area contributed by atoms with Crippen LogP contribution in [0.1, 0.15) is 44.2 Å². The first-order valence-corrected chi connectivity index (χ1v) is 7.94. The molecule has 0 amide bonds. The summed E-state index contributed by atoms with van der Waals surface area (Å²) >= 11 is 0. The third-order valence-corrected chi connectivity index (χ3v) is 5.21. The van der Waals surface area contributed by atoms with Crippen molar-refractivity contribution in [2.24, 2.45) is 4.99 Å². The lowest BCUT2D eigenvalue weighted by Gasteiger charge is -2.39. The number of aldehydes is 1. The number of nitrogens with zero attached hydrogens (tertiary/aromatic N) is 1. The van der Waals surface area contributed by atoms with Crippen LogP contribution in [0.5, 0.6) is 0 Å². The molecule has 1 aromatic carbocycles. The zero-order valence-electron chi connectivity index (χ0n) is 13.3. The van der Waals surface area contributed by atoms with Crippen LogP contribution >= 0.6 is 0 Å². The Balaban J connectivity index is 1.77. The van der Waals surface area contributed by atoms with Crippen LogP contribution < -0.4 is 5.46 Å². The van der Waals surface area contributed by atoms with Crippen LogP contribution in [0, 0.1) is 6.92 Å². The average Bonchev–Trinajstić information content (AvgIpc) is 2.93. The predicted octanol–water partition coefficient (Wildman–Crippen LogP) is 2.22. The molecule has 1 aromatic rings. The van der Waals surface area contributed by atoms with Crippen molar-refractivity contribution in [3.63, 3.8) is 0 Å². The highest BCUT2D eigenvalue weighted by atomic mass is 16.7. The number of hydrogen-bond acceptors (Lipinski definition) is 4. The number of fused-ring (bicyclic) bond motifs is 2. The quantitative estimate of drug-likeness (QED) is 0.621. The predicted molar refractivity (Wildman–Crippen MR) is 86.4 cm³/mol. The largest absolute Gasteiger partial charge is 0.494 e. The Kier molecular flexibility index (Phi) is 2.91. The summed E-state index contributed by atoms with van der Waals surface area (Å²) in [5.41, 5.74) is 4.59. The highest BCUT2D eigenvalue weighted by Gasteiger charge is 2.49. The number of rotatable bonds is 2. The topological polar surface area (TPSA) is 47.9 Å². The fourth-order valence-corrected chi connectivity index (χ4v) is 3.80. The molecule has 114 valence electrons. The first-order valence-electron chi connectivity index (χ1n) is 7.94. The molecule has 0 N–H and O–H groups in total. The summed E-state index contributed by atoms with van der Waals surface area (Å²) in [5.74, 6) is 0. The molecule has 0 unspecified atom stereocenters. The zero-order valence-corrected chi connectivity index (χ0v) is 13.3. The molecule has 2 fully saturated rings. The minimum atomic E-state index is -0.322. The van der Waals surface area contributed by atoms with E-state index in [4.69, 9.17) is 9.31 Å². The SMILES string of the molecule is Cc1cc2c(cc1B1OCC(C)(C)O1)C1(CCC1)C(C=O)=N2. The average molecular weight is 297 g/mol. The smallest absolute Gasteiger partial charge is 0.404 e. The fraction of sp³-hybridized carbons (Fsp3) is 0.529. The van der Waals surface area contributed by atoms with Crippen LogP contribution in [0.2, 0.25) is 0 Å². The van der Waals surface area contributed by atoms with Crippen molar-refractivity contribution in [3.8, 4) is 0 Å². The lowest BCUT2D eigenvalue weighted by Crippen LogP contribution is -2.42. The van der Waals surface area contributed by atoms with Crippen molar-refractivity contribution in [2.45, 2.75) is 51.0 Å². The van der Waals surface area contributed by atoms with E-state index in [-0.39, 0.29) is 18.1 Å². The van der Waals surface area contributed by atoms with Crippen molar-refractivity contribution in [1.82, 2.24) is 0 Å². The van der Waals surface area contributed by atoms with Gasteiger partial charge in [0, 0.05) is 5.41 Å². The third kappa shape index (κ3) is 1.85. The Morgan fingerprint density at radius 3 is 2.64 bits per heavy atom. The molecule has 0 aromatic heterocycles. The van der Waals surface area contributed by atoms with Gasteiger partial charge in [0.15, 0.2) is 6.29 Å². The standard InChI is InChI=1S/C17H20BNO3/c1-11-7-14-12(17(5-4-6-17)15(9-20)19-14)8-13(11)18-21-10-16(2,3)22-18/h7-9H,4-6,10H2,1-3H3. The molecule has 5 heteroatoms. The monoisotopic (exact) mass is 297 g/mol. The molecule has 0 atom stereocenters. The van der Waals surface area contributed by atoms with E-state index in [1.54, 1.807) is 0 Å². The maximum atomic E-state index is 11.4. The summed E-state index contributed by atoms with van der Waals surface area (Å²) in [6.07, 6.45) is 4.11. The van der Waals surface area contributed by atoms with E-state index in [9.17, 15) is 4.79 Å². The van der Waals surface area contributed by atoms with E-state index in [1.807, 2.05) is 13.8 Å². The van der Waals surface area contributed by atoms with Gasteiger partial charge in [-0.1, -0.05) is 12.5 Å². The molecule has 4 nitrogen and oxygen atoms in total. The van der Waals surface area contributed by atoms with Crippen molar-refractivity contribution >= 4 is 30.3 Å². The number of carbonyl (C=O) groups is 1. The van der Waals surface area contributed by atoms with Crippen LogP contribution in [0.4, 0.5) is 5.69 Å². The molecule has 0 radical (unpaired) electrons. The highest BCUT2D eigenvalue weighted by molar-refractivity contribution is 6.62. The summed E-state index contributed by atoms with van der Waals surface area (Å²) in [5, 5.41) is 0. The third-order valence-electron chi connectivity index (χ3n) is 5.21. The van der Waals surface area contributed by atoms with E-state index in [0.717, 1.165) is 42.3 Å². The minimum absolute atomic E-state index is 0.145. The molecule has 3 aliphatic rings. The fourth-order valence-electron chi connectivity index (χ4n) is 3.80. The van der Waals surface area contributed by atoms with Crippen LogP contribution in [0.25, 0.3) is 0 Å². The molecule has 2 aliphatic heterocycles. The zero-order chi connectivity index (χ0) is 15.5. The van der Waals surface area contributed by atoms with E-state index in [1.165, 1.54) is 5.56 Å². The van der Waals surface area contributed by atoms with Crippen molar-refractivity contribution in [2.75, 3.05) is 6.61 Å². The minimum Gasteiger partial charge on any atom is -0.404 e. The van der Waals surface area contributed by atoms with Gasteiger partial charge >= 0.3 is 7.12 Å². The Morgan fingerprint density at radius 2 is 2.09 bits per heavy atom. The molecular weight excluding hydrogens is 277 g/mol. The lowest BCUT2D eigenvalue weighted by molar-refractivity contribution is -0.103. The number of carbonyl (C=O) groups excluding carboxylic acids is 1. The van der Waals surface area contributed by atoms with Crippen LogP contribution in [0.3, 0.4) is 0 Å². The van der Waals surface area contributed by atoms with Gasteiger partial charge in [-0.3, -0.25) is 4.79 Å². The molecule has 1 spiro atoms. The number of aryl methyl sites for hydroxylation is 1. The molecule has 1 saturated heterocycles. The highest BCUT2D eigenvalue weighted by Crippen LogP contribution is 2.52. The molecular formula is C17H20BNO3. The first-order chi connectivity index (χ1) is 10.5. The molecule has 22 heavy (non-hydrogen) atoms. The summed E-state index contributed by atoms with van der Waals surface area (Å²) in [7, 11) is -0.322. The molecule has 1 saturated carbocycles. The summed E-state index contributed by atoms with van der Waals surface area (Å²) < 4.78 is 11.9. The van der Waals surface area contributed by atoms with E-state index in [0.29, 0.717) is 12.3 Å². The second-order valence-electron chi connectivity index (χ2n) is 7.30. The Morgan fingerprint density at radius 1 is 1.32 bits per heavy atom. The van der Waals surface area contributed by atoms with Crippen LogP contribution in [-0.4, -0.2) is 31.3 Å². The van der Waals surface area contributed by atoms with E-state index in [2.05, 4.69) is 24.0 Å². The van der Waals surface area contributed by atoms with Crippen molar-refractivity contribution < 1.29 is 14.1 Å². The van der Waals surface area contributed by atoms with Gasteiger partial charge in [-0.15, -0.1) is 0 Å². The number of hydrogen-bond donors (Lipinski definition) is 0. The Bertz CT molecular complexity index is 691. The van der Waals surface area contributed by atoms with Gasteiger partial charge in [-0.2, -0.15) is 0 Å². The van der Waals surface area contributed by atoms with E-state index < -0.39 is 0 Å².